The van der Waals surface area contributed by atoms with Gasteiger partial charge in [0.2, 0.25) is 0 Å². The molecule has 0 spiro atoms. The van der Waals surface area contributed by atoms with E-state index in [9.17, 15) is 4.79 Å². The molecule has 2 nitrogen and oxygen atoms in total. The summed E-state index contributed by atoms with van der Waals surface area (Å²) in [5.74, 6) is -0.298. The molecule has 0 heterocycles. The molecule has 0 atom stereocenters. The molecule has 0 amide bonds. The topological polar surface area (TPSA) is 26.3 Å². The van der Waals surface area contributed by atoms with Crippen LogP contribution in [0.1, 0.15) is 27.2 Å². The predicted octanol–water partition coefficient (Wildman–Crippen LogP) is 2.46. The maximum Gasteiger partial charge on any atom is 0.330 e. The molecule has 0 aromatic rings. The summed E-state index contributed by atoms with van der Waals surface area (Å²) in [4.78, 5) is 10.8. The van der Waals surface area contributed by atoms with Gasteiger partial charge in [0.15, 0.2) is 0 Å². The van der Waals surface area contributed by atoms with E-state index in [1.165, 1.54) is 18.8 Å². The maximum absolute atomic E-state index is 10.8. The van der Waals surface area contributed by atoms with Crippen molar-refractivity contribution < 1.29 is 9.53 Å². The van der Waals surface area contributed by atoms with Gasteiger partial charge in [-0.05, 0) is 25.8 Å². The van der Waals surface area contributed by atoms with Gasteiger partial charge in [0, 0.05) is 6.08 Å². The van der Waals surface area contributed by atoms with Gasteiger partial charge in [0.25, 0.3) is 0 Å². The van der Waals surface area contributed by atoms with Crippen molar-refractivity contribution in [3.63, 3.8) is 0 Å². The Labute approximate surface area is 73.9 Å². The van der Waals surface area contributed by atoms with E-state index in [-0.39, 0.29) is 5.97 Å². The van der Waals surface area contributed by atoms with Crippen molar-refractivity contribution >= 4 is 5.97 Å². The molecule has 0 aromatic heterocycles. The molecule has 2 heteroatoms. The molecule has 0 aromatic carbocycles. The molecule has 0 aliphatic heterocycles. The van der Waals surface area contributed by atoms with Crippen LogP contribution < -0.4 is 0 Å². The average Bonchev–Trinajstić information content (AvgIpc) is 2.03. The molecule has 0 aliphatic carbocycles. The molecule has 0 bridgehead atoms. The third-order valence-electron chi connectivity index (χ3n) is 1.58. The normalized spacial score (nSPS) is 13.0. The number of hydrogen-bond donors (Lipinski definition) is 0. The highest BCUT2D eigenvalue weighted by Gasteiger charge is 1.93. The molecule has 0 aliphatic rings. The molecule has 12 heavy (non-hydrogen) atoms. The van der Waals surface area contributed by atoms with E-state index in [2.05, 4.69) is 11.7 Å². The van der Waals surface area contributed by atoms with Crippen LogP contribution in [0.4, 0.5) is 0 Å². The minimum absolute atomic E-state index is 0.298. The molecule has 68 valence electrons. The first-order valence-electron chi connectivity index (χ1n) is 4.03. The second-order valence-electron chi connectivity index (χ2n) is 2.76. The van der Waals surface area contributed by atoms with Crippen LogP contribution in [-0.4, -0.2) is 13.1 Å². The summed E-state index contributed by atoms with van der Waals surface area (Å²) in [7, 11) is 1.38. The van der Waals surface area contributed by atoms with E-state index in [4.69, 9.17) is 0 Å². The van der Waals surface area contributed by atoms with Gasteiger partial charge in [-0.15, -0.1) is 0 Å². The van der Waals surface area contributed by atoms with Crippen LogP contribution in [0.25, 0.3) is 0 Å². The molecule has 0 N–H and O–H groups in total. The van der Waals surface area contributed by atoms with Crippen molar-refractivity contribution in [1.29, 1.82) is 0 Å². The van der Waals surface area contributed by atoms with Gasteiger partial charge in [0.1, 0.15) is 0 Å². The van der Waals surface area contributed by atoms with Gasteiger partial charge in [-0.25, -0.2) is 4.79 Å². The number of allylic oxidation sites excluding steroid dienone is 3. The molecule has 0 radical (unpaired) electrons. The zero-order valence-corrected chi connectivity index (χ0v) is 8.18. The fourth-order valence-corrected chi connectivity index (χ4v) is 0.777. The van der Waals surface area contributed by atoms with Crippen LogP contribution in [0.2, 0.25) is 0 Å². The van der Waals surface area contributed by atoms with Crippen molar-refractivity contribution in [2.45, 2.75) is 27.2 Å². The zero-order valence-electron chi connectivity index (χ0n) is 8.18. The van der Waals surface area contributed by atoms with Gasteiger partial charge < -0.3 is 4.74 Å². The van der Waals surface area contributed by atoms with Gasteiger partial charge in [0.05, 0.1) is 7.11 Å². The quantitative estimate of drug-likeness (QED) is 0.367. The van der Waals surface area contributed by atoms with Crippen LogP contribution in [0.3, 0.4) is 0 Å². The summed E-state index contributed by atoms with van der Waals surface area (Å²) in [6, 6.07) is 0. The summed E-state index contributed by atoms with van der Waals surface area (Å²) < 4.78 is 4.49. The molecule has 0 saturated carbocycles. The lowest BCUT2D eigenvalue weighted by Crippen LogP contribution is -1.95. The van der Waals surface area contributed by atoms with Gasteiger partial charge in [-0.1, -0.05) is 18.6 Å². The highest BCUT2D eigenvalue weighted by atomic mass is 16.5. The molecular weight excluding hydrogens is 152 g/mol. The lowest BCUT2D eigenvalue weighted by atomic mass is 10.1. The average molecular weight is 168 g/mol. The highest BCUT2D eigenvalue weighted by Crippen LogP contribution is 2.04. The predicted molar refractivity (Wildman–Crippen MR) is 49.8 cm³/mol. The van der Waals surface area contributed by atoms with E-state index in [1.54, 1.807) is 0 Å². The van der Waals surface area contributed by atoms with Crippen molar-refractivity contribution in [3.8, 4) is 0 Å². The first-order chi connectivity index (χ1) is 5.60. The molecule has 0 saturated heterocycles. The van der Waals surface area contributed by atoms with Crippen LogP contribution >= 0.6 is 0 Å². The van der Waals surface area contributed by atoms with Crippen molar-refractivity contribution in [3.05, 3.63) is 23.3 Å². The zero-order chi connectivity index (χ0) is 9.56. The number of rotatable bonds is 3. The lowest BCUT2D eigenvalue weighted by molar-refractivity contribution is -0.134. The van der Waals surface area contributed by atoms with E-state index in [0.717, 1.165) is 12.0 Å². The first kappa shape index (κ1) is 11.0. The summed E-state index contributed by atoms with van der Waals surface area (Å²) in [6.07, 6.45) is 4.47. The van der Waals surface area contributed by atoms with Gasteiger partial charge in [-0.3, -0.25) is 0 Å². The Hall–Kier alpha value is -1.05. The second-order valence-corrected chi connectivity index (χ2v) is 2.76. The fourth-order valence-electron chi connectivity index (χ4n) is 0.777. The Morgan fingerprint density at radius 2 is 1.92 bits per heavy atom. The molecular formula is C10H16O2. The van der Waals surface area contributed by atoms with E-state index in [0.29, 0.717) is 0 Å². The van der Waals surface area contributed by atoms with Gasteiger partial charge in [-0.2, -0.15) is 0 Å². The Morgan fingerprint density at radius 3 is 2.33 bits per heavy atom. The Balaban J connectivity index is 4.29. The van der Waals surface area contributed by atoms with Crippen molar-refractivity contribution in [1.82, 2.24) is 0 Å². The minimum Gasteiger partial charge on any atom is -0.466 e. The van der Waals surface area contributed by atoms with Crippen LogP contribution in [0.15, 0.2) is 23.3 Å². The summed E-state index contributed by atoms with van der Waals surface area (Å²) in [6.45, 7) is 6.00. The minimum atomic E-state index is -0.298. The van der Waals surface area contributed by atoms with Crippen molar-refractivity contribution in [2.24, 2.45) is 0 Å². The summed E-state index contributed by atoms with van der Waals surface area (Å²) in [5, 5.41) is 0. The second kappa shape index (κ2) is 5.58. The summed E-state index contributed by atoms with van der Waals surface area (Å²) >= 11 is 0. The maximum atomic E-state index is 10.8. The Kier molecular flexibility index (Phi) is 5.09. The number of ether oxygens (including phenoxy) is 1. The lowest BCUT2D eigenvalue weighted by Gasteiger charge is -1.96. The summed E-state index contributed by atoms with van der Waals surface area (Å²) in [5.41, 5.74) is 2.19. The van der Waals surface area contributed by atoms with Crippen LogP contribution in [0, 0.1) is 0 Å². The van der Waals surface area contributed by atoms with Gasteiger partial charge >= 0.3 is 5.97 Å². The highest BCUT2D eigenvalue weighted by molar-refractivity contribution is 5.83. The fraction of sp³-hybridized carbons (Fsp3) is 0.500. The monoisotopic (exact) mass is 168 g/mol. The smallest absolute Gasteiger partial charge is 0.330 e. The number of carbonyl (C=O) groups excluding carboxylic acids is 1. The van der Waals surface area contributed by atoms with Crippen LogP contribution in [0.5, 0.6) is 0 Å². The van der Waals surface area contributed by atoms with E-state index in [1.807, 2.05) is 19.9 Å². The first-order valence-corrected chi connectivity index (χ1v) is 4.03. The standard InChI is InChI=1S/C10H16O2/c1-5-8(2)6-9(3)7-10(11)12-4/h6-7H,5H2,1-4H3/b8-6-,9-7-. The Morgan fingerprint density at radius 1 is 1.33 bits per heavy atom. The Bertz CT molecular complexity index is 212. The SMILES string of the molecule is CC/C(C)=C\C(C)=C/C(=O)OC. The molecule has 0 fully saturated rings. The molecule has 0 unspecified atom stereocenters. The van der Waals surface area contributed by atoms with E-state index >= 15 is 0 Å². The molecule has 0 rings (SSSR count). The number of methoxy groups -OCH3 is 1. The van der Waals surface area contributed by atoms with E-state index < -0.39 is 0 Å². The van der Waals surface area contributed by atoms with Crippen LogP contribution in [-0.2, 0) is 9.53 Å². The number of carbonyl (C=O) groups is 1. The third-order valence-corrected chi connectivity index (χ3v) is 1.58. The van der Waals surface area contributed by atoms with Crippen molar-refractivity contribution in [2.75, 3.05) is 7.11 Å². The third kappa shape index (κ3) is 4.72. The largest absolute Gasteiger partial charge is 0.466 e. The number of hydrogen-bond acceptors (Lipinski definition) is 2. The number of esters is 1.